The van der Waals surface area contributed by atoms with E-state index in [1.54, 1.807) is 30.3 Å². The number of carbonyl (C=O) groups excluding carboxylic acids is 1. The first kappa shape index (κ1) is 31.7. The average molecular weight is 581 g/mol. The normalized spacial score (nSPS) is 12.4. The molecule has 0 spiro atoms. The van der Waals surface area contributed by atoms with Gasteiger partial charge >= 0.3 is 10.1 Å². The summed E-state index contributed by atoms with van der Waals surface area (Å²) in [5.41, 5.74) is 5.81. The van der Waals surface area contributed by atoms with Gasteiger partial charge in [0, 0.05) is 12.0 Å². The lowest BCUT2D eigenvalue weighted by atomic mass is 9.78. The van der Waals surface area contributed by atoms with Crippen molar-refractivity contribution in [1.29, 1.82) is 0 Å². The van der Waals surface area contributed by atoms with E-state index >= 15 is 0 Å². The van der Waals surface area contributed by atoms with Crippen LogP contribution in [0.25, 0.3) is 0 Å². The Bertz CT molecular complexity index is 1490. The number of ether oxygens (including phenoxy) is 1. The summed E-state index contributed by atoms with van der Waals surface area (Å²) in [6.45, 7) is 14.1. The van der Waals surface area contributed by atoms with E-state index in [-0.39, 0.29) is 39.6 Å². The van der Waals surface area contributed by atoms with E-state index in [1.165, 1.54) is 25.5 Å². The number of carbonyl (C=O) groups is 1. The molecule has 1 amide bonds. The molecule has 0 saturated heterocycles. The molecule has 3 aromatic rings. The number of amides is 1. The molecular weight excluding hydrogens is 540 g/mol. The van der Waals surface area contributed by atoms with Crippen molar-refractivity contribution < 1.29 is 27.2 Å². The van der Waals surface area contributed by atoms with Gasteiger partial charge in [-0.2, -0.15) is 13.5 Å². The summed E-state index contributed by atoms with van der Waals surface area (Å²) in [5.74, 6) is 0.139. The first-order chi connectivity index (χ1) is 19.0. The molecule has 2 N–H and O–H groups in total. The van der Waals surface area contributed by atoms with Crippen LogP contribution in [0.4, 0.5) is 0 Å². The average Bonchev–Trinajstić information content (AvgIpc) is 2.87. The van der Waals surface area contributed by atoms with Gasteiger partial charge < -0.3 is 14.0 Å². The molecule has 0 radical (unpaired) electrons. The summed E-state index contributed by atoms with van der Waals surface area (Å²) < 4.78 is 36.6. The maximum Gasteiger partial charge on any atom is 0.339 e. The zero-order valence-corrected chi connectivity index (χ0v) is 25.8. The number of nitrogens with zero attached hydrogens (tertiary/aromatic N) is 1. The lowest BCUT2D eigenvalue weighted by Gasteiger charge is -2.28. The molecule has 0 aliphatic carbocycles. The molecule has 0 heterocycles. The second kappa shape index (κ2) is 12.3. The Balaban J connectivity index is 1.76. The summed E-state index contributed by atoms with van der Waals surface area (Å²) >= 11 is 0. The topological polar surface area (TPSA) is 114 Å². The highest BCUT2D eigenvalue weighted by molar-refractivity contribution is 7.87. The Morgan fingerprint density at radius 3 is 2.10 bits per heavy atom. The van der Waals surface area contributed by atoms with E-state index < -0.39 is 10.1 Å². The predicted octanol–water partition coefficient (Wildman–Crippen LogP) is 6.15. The number of phenolic OH excluding ortho intramolecular Hbond substituents is 1. The number of nitrogens with one attached hydrogen (secondary N) is 1. The van der Waals surface area contributed by atoms with Crippen molar-refractivity contribution in [3.05, 3.63) is 82.4 Å². The van der Waals surface area contributed by atoms with Gasteiger partial charge in [-0.15, -0.1) is 0 Å². The standard InChI is InChI=1S/C32H40N2O6S/c1-21-12-15-24(16-13-21)41(37,38)40-30-23(10-9-11-27(30)39-8)20-33-34-28(35)17-14-22-18-25(31(2,3)4)29(36)26(19-22)32(5,6)7/h9-13,15-16,18-20,36H,14,17H2,1-8H3,(H,34,35)/b33-20-. The van der Waals surface area contributed by atoms with Gasteiger partial charge in [0.05, 0.1) is 13.3 Å². The van der Waals surface area contributed by atoms with Crippen LogP contribution in [-0.2, 0) is 32.2 Å². The van der Waals surface area contributed by atoms with Crippen molar-refractivity contribution in [3.63, 3.8) is 0 Å². The minimum absolute atomic E-state index is 0.00339. The number of aromatic hydroxyl groups is 1. The summed E-state index contributed by atoms with van der Waals surface area (Å²) in [6, 6.07) is 15.1. The second-order valence-corrected chi connectivity index (χ2v) is 13.6. The lowest BCUT2D eigenvalue weighted by Crippen LogP contribution is -2.20. The highest BCUT2D eigenvalue weighted by atomic mass is 32.2. The largest absolute Gasteiger partial charge is 0.507 e. The van der Waals surface area contributed by atoms with Crippen LogP contribution < -0.4 is 14.3 Å². The van der Waals surface area contributed by atoms with E-state index in [9.17, 15) is 18.3 Å². The highest BCUT2D eigenvalue weighted by Gasteiger charge is 2.26. The van der Waals surface area contributed by atoms with Gasteiger partial charge in [-0.1, -0.05) is 77.4 Å². The molecule has 0 aliphatic rings. The third kappa shape index (κ3) is 8.10. The number of para-hydroxylation sites is 1. The summed E-state index contributed by atoms with van der Waals surface area (Å²) in [4.78, 5) is 12.7. The molecule has 0 aromatic heterocycles. The maximum atomic E-state index is 12.9. The molecule has 0 atom stereocenters. The minimum atomic E-state index is -4.14. The molecule has 0 aliphatic heterocycles. The third-order valence-electron chi connectivity index (χ3n) is 6.55. The Morgan fingerprint density at radius 1 is 0.976 bits per heavy atom. The molecule has 0 fully saturated rings. The fourth-order valence-electron chi connectivity index (χ4n) is 4.22. The SMILES string of the molecule is COc1cccc(/C=N\NC(=O)CCc2cc(C(C)(C)C)c(O)c(C(C)(C)C)c2)c1OS(=O)(=O)c1ccc(C)cc1. The van der Waals surface area contributed by atoms with Crippen LogP contribution in [0.1, 0.15) is 75.8 Å². The van der Waals surface area contributed by atoms with E-state index in [2.05, 4.69) is 10.5 Å². The number of methoxy groups -OCH3 is 1. The molecule has 41 heavy (non-hydrogen) atoms. The third-order valence-corrected chi connectivity index (χ3v) is 7.79. The van der Waals surface area contributed by atoms with Crippen LogP contribution in [0.3, 0.4) is 0 Å². The van der Waals surface area contributed by atoms with Crippen molar-refractivity contribution in [2.75, 3.05) is 7.11 Å². The van der Waals surface area contributed by atoms with Crippen LogP contribution >= 0.6 is 0 Å². The zero-order chi connectivity index (χ0) is 30.6. The summed E-state index contributed by atoms with van der Waals surface area (Å²) in [6.07, 6.45) is 1.94. The van der Waals surface area contributed by atoms with Gasteiger partial charge in [-0.3, -0.25) is 4.79 Å². The number of hydrogen-bond donors (Lipinski definition) is 2. The number of phenols is 1. The Kier molecular flexibility index (Phi) is 9.54. The fourth-order valence-corrected chi connectivity index (χ4v) is 5.18. The number of aryl methyl sites for hydroxylation is 2. The van der Waals surface area contributed by atoms with Crippen LogP contribution in [0.5, 0.6) is 17.2 Å². The number of hydrazone groups is 1. The first-order valence-corrected chi connectivity index (χ1v) is 14.8. The Hall–Kier alpha value is -3.85. The molecule has 0 saturated carbocycles. The van der Waals surface area contributed by atoms with Gasteiger partial charge in [0.15, 0.2) is 11.5 Å². The summed E-state index contributed by atoms with van der Waals surface area (Å²) in [7, 11) is -2.74. The maximum absolute atomic E-state index is 12.9. The Labute approximate surface area is 243 Å². The zero-order valence-electron chi connectivity index (χ0n) is 25.0. The van der Waals surface area contributed by atoms with Crippen molar-refractivity contribution in [2.24, 2.45) is 5.10 Å². The molecule has 8 nitrogen and oxygen atoms in total. The van der Waals surface area contributed by atoms with Crippen LogP contribution in [0, 0.1) is 6.92 Å². The summed E-state index contributed by atoms with van der Waals surface area (Å²) in [5, 5.41) is 15.0. The fraction of sp³-hybridized carbons (Fsp3) is 0.375. The quantitative estimate of drug-likeness (QED) is 0.178. The van der Waals surface area contributed by atoms with Gasteiger partial charge in [0.1, 0.15) is 10.6 Å². The number of hydrogen-bond acceptors (Lipinski definition) is 7. The molecule has 3 aromatic carbocycles. The van der Waals surface area contributed by atoms with Crippen LogP contribution in [0.15, 0.2) is 64.6 Å². The lowest BCUT2D eigenvalue weighted by molar-refractivity contribution is -0.121. The monoisotopic (exact) mass is 580 g/mol. The van der Waals surface area contributed by atoms with Crippen molar-refractivity contribution in [3.8, 4) is 17.2 Å². The van der Waals surface area contributed by atoms with Gasteiger partial charge in [-0.25, -0.2) is 5.43 Å². The van der Waals surface area contributed by atoms with Crippen LogP contribution in [-0.4, -0.2) is 32.8 Å². The molecule has 9 heteroatoms. The first-order valence-electron chi connectivity index (χ1n) is 13.4. The van der Waals surface area contributed by atoms with Crippen molar-refractivity contribution in [2.45, 2.75) is 77.0 Å². The molecule has 0 unspecified atom stereocenters. The molecule has 0 bridgehead atoms. The number of benzene rings is 3. The second-order valence-electron chi connectivity index (χ2n) is 12.1. The van der Waals surface area contributed by atoms with E-state index in [4.69, 9.17) is 8.92 Å². The Morgan fingerprint density at radius 2 is 1.56 bits per heavy atom. The van der Waals surface area contributed by atoms with Gasteiger partial charge in [0.25, 0.3) is 0 Å². The smallest absolute Gasteiger partial charge is 0.339 e. The highest BCUT2D eigenvalue weighted by Crippen LogP contribution is 2.40. The van der Waals surface area contributed by atoms with Crippen molar-refractivity contribution in [1.82, 2.24) is 5.43 Å². The van der Waals surface area contributed by atoms with Crippen LogP contribution in [0.2, 0.25) is 0 Å². The molecular formula is C32H40N2O6S. The van der Waals surface area contributed by atoms with Gasteiger partial charge in [-0.05, 0) is 65.1 Å². The minimum Gasteiger partial charge on any atom is -0.507 e. The van der Waals surface area contributed by atoms with Crippen molar-refractivity contribution >= 4 is 22.2 Å². The molecule has 220 valence electrons. The predicted molar refractivity (Wildman–Crippen MR) is 162 cm³/mol. The van der Waals surface area contributed by atoms with Gasteiger partial charge in [0.2, 0.25) is 5.91 Å². The molecule has 3 rings (SSSR count). The number of rotatable bonds is 9. The van der Waals surface area contributed by atoms with E-state index in [0.717, 1.165) is 22.3 Å². The van der Waals surface area contributed by atoms with E-state index in [0.29, 0.717) is 17.7 Å². The van der Waals surface area contributed by atoms with E-state index in [1.807, 2.05) is 60.6 Å².